The number of nitrogens with zero attached hydrogens (tertiary/aromatic N) is 3. The minimum atomic E-state index is -0.563. The van der Waals surface area contributed by atoms with Crippen LogP contribution < -0.4 is 0 Å². The molecule has 1 aromatic carbocycles. The summed E-state index contributed by atoms with van der Waals surface area (Å²) >= 11 is 5.94. The number of rotatable bonds is 3. The summed E-state index contributed by atoms with van der Waals surface area (Å²) in [6.07, 6.45) is 0. The standard InChI is InChI=1S/C12H9ClN4O2/c1-2-19-12(18)11-10(15-17-16-11)7-3-4-8(6-14)9(13)5-7/h3-5H,2H2,1H3,(H,15,16,17). The van der Waals surface area contributed by atoms with Gasteiger partial charge in [-0.15, -0.1) is 5.10 Å². The summed E-state index contributed by atoms with van der Waals surface area (Å²) < 4.78 is 4.88. The van der Waals surface area contributed by atoms with Gasteiger partial charge in [0.1, 0.15) is 11.8 Å². The minimum absolute atomic E-state index is 0.0858. The Hall–Kier alpha value is -2.39. The topological polar surface area (TPSA) is 91.7 Å². The van der Waals surface area contributed by atoms with Gasteiger partial charge in [-0.05, 0) is 19.1 Å². The van der Waals surface area contributed by atoms with Gasteiger partial charge in [0, 0.05) is 5.56 Å². The van der Waals surface area contributed by atoms with E-state index in [1.807, 2.05) is 6.07 Å². The number of aromatic nitrogens is 3. The van der Waals surface area contributed by atoms with Gasteiger partial charge in [-0.1, -0.05) is 17.7 Å². The molecule has 0 spiro atoms. The molecule has 1 heterocycles. The Morgan fingerprint density at radius 1 is 1.53 bits per heavy atom. The second-order valence-electron chi connectivity index (χ2n) is 3.55. The maximum atomic E-state index is 11.7. The molecule has 0 aliphatic carbocycles. The molecule has 0 fully saturated rings. The van der Waals surface area contributed by atoms with Gasteiger partial charge in [0.15, 0.2) is 5.69 Å². The average molecular weight is 277 g/mol. The molecule has 0 saturated carbocycles. The van der Waals surface area contributed by atoms with Gasteiger partial charge >= 0.3 is 5.97 Å². The molecule has 6 nitrogen and oxygen atoms in total. The SMILES string of the molecule is CCOC(=O)c1n[nH]nc1-c1ccc(C#N)c(Cl)c1. The molecule has 0 bridgehead atoms. The monoisotopic (exact) mass is 276 g/mol. The lowest BCUT2D eigenvalue weighted by molar-refractivity contribution is 0.0520. The third-order valence-electron chi connectivity index (χ3n) is 2.38. The first-order chi connectivity index (χ1) is 9.17. The average Bonchev–Trinajstić information content (AvgIpc) is 2.88. The summed E-state index contributed by atoms with van der Waals surface area (Å²) in [6.45, 7) is 1.95. The minimum Gasteiger partial charge on any atom is -0.461 e. The fourth-order valence-electron chi connectivity index (χ4n) is 1.53. The Kier molecular flexibility index (Phi) is 3.78. The fourth-order valence-corrected chi connectivity index (χ4v) is 1.75. The number of halogens is 1. The number of H-pyrrole nitrogens is 1. The summed E-state index contributed by atoms with van der Waals surface area (Å²) in [5.74, 6) is -0.563. The zero-order valence-electron chi connectivity index (χ0n) is 9.98. The van der Waals surface area contributed by atoms with Crippen LogP contribution in [-0.4, -0.2) is 28.0 Å². The van der Waals surface area contributed by atoms with Crippen LogP contribution in [0.4, 0.5) is 0 Å². The first-order valence-corrected chi connectivity index (χ1v) is 5.83. The smallest absolute Gasteiger partial charge is 0.361 e. The van der Waals surface area contributed by atoms with Crippen LogP contribution in [-0.2, 0) is 4.74 Å². The van der Waals surface area contributed by atoms with Crippen molar-refractivity contribution in [3.05, 3.63) is 34.5 Å². The summed E-state index contributed by atoms with van der Waals surface area (Å²) in [4.78, 5) is 11.7. The van der Waals surface area contributed by atoms with E-state index in [0.29, 0.717) is 16.8 Å². The number of esters is 1. The molecule has 2 rings (SSSR count). The van der Waals surface area contributed by atoms with Gasteiger partial charge in [0.25, 0.3) is 0 Å². The molecule has 1 aromatic heterocycles. The van der Waals surface area contributed by atoms with E-state index < -0.39 is 5.97 Å². The molecule has 0 amide bonds. The van der Waals surface area contributed by atoms with Crippen molar-refractivity contribution < 1.29 is 9.53 Å². The highest BCUT2D eigenvalue weighted by Gasteiger charge is 2.19. The molecule has 0 radical (unpaired) electrons. The quantitative estimate of drug-likeness (QED) is 0.868. The molecule has 1 N–H and O–H groups in total. The molecule has 2 aromatic rings. The maximum absolute atomic E-state index is 11.7. The lowest BCUT2D eigenvalue weighted by atomic mass is 10.1. The zero-order chi connectivity index (χ0) is 13.8. The molecule has 0 atom stereocenters. The van der Waals surface area contributed by atoms with Crippen LogP contribution in [0.25, 0.3) is 11.3 Å². The van der Waals surface area contributed by atoms with Gasteiger partial charge in [0.05, 0.1) is 17.2 Å². The van der Waals surface area contributed by atoms with Gasteiger partial charge in [-0.2, -0.15) is 15.6 Å². The van der Waals surface area contributed by atoms with Crippen LogP contribution in [0.15, 0.2) is 18.2 Å². The van der Waals surface area contributed by atoms with Crippen molar-refractivity contribution >= 4 is 17.6 Å². The van der Waals surface area contributed by atoms with Crippen LogP contribution in [0, 0.1) is 11.3 Å². The molecule has 96 valence electrons. The first-order valence-electron chi connectivity index (χ1n) is 5.45. The van der Waals surface area contributed by atoms with E-state index in [0.717, 1.165) is 0 Å². The lowest BCUT2D eigenvalue weighted by Gasteiger charge is -2.02. The number of benzene rings is 1. The second-order valence-corrected chi connectivity index (χ2v) is 3.95. The van der Waals surface area contributed by atoms with E-state index in [4.69, 9.17) is 21.6 Å². The number of nitrogens with one attached hydrogen (secondary N) is 1. The molecule has 0 saturated heterocycles. The highest BCUT2D eigenvalue weighted by Crippen LogP contribution is 2.25. The zero-order valence-corrected chi connectivity index (χ0v) is 10.7. The van der Waals surface area contributed by atoms with Crippen molar-refractivity contribution in [2.45, 2.75) is 6.92 Å². The van der Waals surface area contributed by atoms with Crippen LogP contribution in [0.3, 0.4) is 0 Å². The number of ether oxygens (including phenoxy) is 1. The number of carbonyl (C=O) groups excluding carboxylic acids is 1. The summed E-state index contributed by atoms with van der Waals surface area (Å²) in [7, 11) is 0. The molecule has 19 heavy (non-hydrogen) atoms. The van der Waals surface area contributed by atoms with Crippen molar-refractivity contribution in [1.29, 1.82) is 5.26 Å². The van der Waals surface area contributed by atoms with Crippen LogP contribution in [0.1, 0.15) is 23.0 Å². The van der Waals surface area contributed by atoms with E-state index in [-0.39, 0.29) is 17.3 Å². The molecular weight excluding hydrogens is 268 g/mol. The van der Waals surface area contributed by atoms with Crippen LogP contribution in [0.2, 0.25) is 5.02 Å². The van der Waals surface area contributed by atoms with Gasteiger partial charge in [-0.3, -0.25) is 0 Å². The van der Waals surface area contributed by atoms with Gasteiger partial charge in [0.2, 0.25) is 0 Å². The van der Waals surface area contributed by atoms with Crippen molar-refractivity contribution in [3.63, 3.8) is 0 Å². The Morgan fingerprint density at radius 3 is 2.95 bits per heavy atom. The van der Waals surface area contributed by atoms with Crippen molar-refractivity contribution in [3.8, 4) is 17.3 Å². The number of carbonyl (C=O) groups is 1. The van der Waals surface area contributed by atoms with E-state index in [9.17, 15) is 4.79 Å². The van der Waals surface area contributed by atoms with E-state index in [2.05, 4.69) is 15.4 Å². The van der Waals surface area contributed by atoms with Crippen LogP contribution >= 0.6 is 11.6 Å². The van der Waals surface area contributed by atoms with E-state index in [1.54, 1.807) is 25.1 Å². The van der Waals surface area contributed by atoms with E-state index >= 15 is 0 Å². The molecule has 7 heteroatoms. The number of hydrogen-bond acceptors (Lipinski definition) is 5. The highest BCUT2D eigenvalue weighted by atomic mass is 35.5. The maximum Gasteiger partial charge on any atom is 0.361 e. The Bertz CT molecular complexity index is 660. The van der Waals surface area contributed by atoms with Gasteiger partial charge < -0.3 is 4.74 Å². The molecule has 0 aliphatic heterocycles. The lowest BCUT2D eigenvalue weighted by Crippen LogP contribution is -2.06. The fraction of sp³-hybridized carbons (Fsp3) is 0.167. The van der Waals surface area contributed by atoms with Crippen molar-refractivity contribution in [2.75, 3.05) is 6.61 Å². The molecule has 0 unspecified atom stereocenters. The summed E-state index contributed by atoms with van der Waals surface area (Å²) in [6, 6.07) is 6.71. The van der Waals surface area contributed by atoms with Crippen LogP contribution in [0.5, 0.6) is 0 Å². The normalized spacial score (nSPS) is 9.95. The predicted molar refractivity (Wildman–Crippen MR) is 67.5 cm³/mol. The number of hydrogen-bond donors (Lipinski definition) is 1. The molecular formula is C12H9ClN4O2. The molecule has 0 aliphatic rings. The largest absolute Gasteiger partial charge is 0.461 e. The second kappa shape index (κ2) is 5.50. The summed E-state index contributed by atoms with van der Waals surface area (Å²) in [5.41, 5.74) is 1.36. The van der Waals surface area contributed by atoms with Crippen molar-refractivity contribution in [1.82, 2.24) is 15.4 Å². The Morgan fingerprint density at radius 2 is 2.32 bits per heavy atom. The van der Waals surface area contributed by atoms with Crippen molar-refractivity contribution in [2.24, 2.45) is 0 Å². The van der Waals surface area contributed by atoms with E-state index in [1.165, 1.54) is 0 Å². The Balaban J connectivity index is 2.43. The highest BCUT2D eigenvalue weighted by molar-refractivity contribution is 6.32. The predicted octanol–water partition coefficient (Wildman–Crippen LogP) is 2.17. The third-order valence-corrected chi connectivity index (χ3v) is 2.69. The Labute approximate surface area is 114 Å². The number of aromatic amines is 1. The van der Waals surface area contributed by atoms with Gasteiger partial charge in [-0.25, -0.2) is 4.79 Å². The summed E-state index contributed by atoms with van der Waals surface area (Å²) in [5, 5.41) is 19.1. The number of nitriles is 1. The third kappa shape index (κ3) is 2.56. The first kappa shape index (κ1) is 13.1.